The monoisotopic (exact) mass is 230 g/mol. The topological polar surface area (TPSA) is 95.4 Å². The van der Waals surface area contributed by atoms with Crippen molar-refractivity contribution in [3.8, 4) is 0 Å². The van der Waals surface area contributed by atoms with Crippen LogP contribution < -0.4 is 5.73 Å². The lowest BCUT2D eigenvalue weighted by Gasteiger charge is -2.06. The Labute approximate surface area is 94.1 Å². The zero-order valence-corrected chi connectivity index (χ0v) is 9.43. The summed E-state index contributed by atoms with van der Waals surface area (Å²) in [5.74, 6) is 0. The quantitative estimate of drug-likeness (QED) is 0.550. The van der Waals surface area contributed by atoms with Crippen LogP contribution in [-0.2, 0) is 29.2 Å². The molecular weight excluding hydrogens is 212 g/mol. The molecule has 1 heterocycles. The third-order valence-corrected chi connectivity index (χ3v) is 2.08. The molecule has 0 bridgehead atoms. The Balaban J connectivity index is 2.53. The summed E-state index contributed by atoms with van der Waals surface area (Å²) in [6, 6.07) is 0. The maximum atomic E-state index is 8.55. The SMILES string of the molecule is COCc1c(CN)nnn1CCOCCO. The zero-order valence-electron chi connectivity index (χ0n) is 9.43. The molecule has 0 atom stereocenters. The van der Waals surface area contributed by atoms with E-state index in [1.54, 1.807) is 11.8 Å². The molecule has 1 aromatic heterocycles. The van der Waals surface area contributed by atoms with Crippen LogP contribution in [0.2, 0.25) is 0 Å². The standard InChI is InChI=1S/C9H18N4O3/c1-15-7-9-8(6-10)11-12-13(9)2-4-16-5-3-14/h14H,2-7,10H2,1H3. The molecular formula is C9H18N4O3. The summed E-state index contributed by atoms with van der Waals surface area (Å²) >= 11 is 0. The van der Waals surface area contributed by atoms with E-state index in [1.807, 2.05) is 0 Å². The molecule has 0 aliphatic heterocycles. The zero-order chi connectivity index (χ0) is 11.8. The minimum atomic E-state index is 0.0241. The second-order valence-electron chi connectivity index (χ2n) is 3.18. The molecule has 0 aliphatic rings. The van der Waals surface area contributed by atoms with E-state index < -0.39 is 0 Å². The Morgan fingerprint density at radius 1 is 1.44 bits per heavy atom. The Morgan fingerprint density at radius 3 is 2.88 bits per heavy atom. The summed E-state index contributed by atoms with van der Waals surface area (Å²) in [7, 11) is 1.61. The largest absolute Gasteiger partial charge is 0.394 e. The van der Waals surface area contributed by atoms with Gasteiger partial charge in [0.05, 0.1) is 38.7 Å². The minimum Gasteiger partial charge on any atom is -0.394 e. The van der Waals surface area contributed by atoms with Crippen molar-refractivity contribution < 1.29 is 14.6 Å². The first-order chi connectivity index (χ1) is 7.83. The molecule has 1 aromatic rings. The van der Waals surface area contributed by atoms with Gasteiger partial charge in [0.2, 0.25) is 0 Å². The molecule has 3 N–H and O–H groups in total. The van der Waals surface area contributed by atoms with E-state index in [2.05, 4.69) is 10.3 Å². The maximum Gasteiger partial charge on any atom is 0.102 e. The van der Waals surface area contributed by atoms with Crippen molar-refractivity contribution in [2.75, 3.05) is 26.9 Å². The van der Waals surface area contributed by atoms with Crippen molar-refractivity contribution in [2.24, 2.45) is 5.73 Å². The van der Waals surface area contributed by atoms with E-state index in [0.717, 1.165) is 11.4 Å². The van der Waals surface area contributed by atoms with Crippen LogP contribution in [0.25, 0.3) is 0 Å². The second-order valence-corrected chi connectivity index (χ2v) is 3.18. The third-order valence-electron chi connectivity index (χ3n) is 2.08. The molecule has 0 fully saturated rings. The van der Waals surface area contributed by atoms with E-state index in [0.29, 0.717) is 32.9 Å². The van der Waals surface area contributed by atoms with Gasteiger partial charge in [-0.3, -0.25) is 0 Å². The van der Waals surface area contributed by atoms with Gasteiger partial charge in [0.1, 0.15) is 5.69 Å². The van der Waals surface area contributed by atoms with Crippen LogP contribution in [0.1, 0.15) is 11.4 Å². The number of nitrogens with two attached hydrogens (primary N) is 1. The fraction of sp³-hybridized carbons (Fsp3) is 0.778. The van der Waals surface area contributed by atoms with Gasteiger partial charge in [-0.05, 0) is 0 Å². The van der Waals surface area contributed by atoms with Gasteiger partial charge in [0.15, 0.2) is 0 Å². The van der Waals surface area contributed by atoms with E-state index in [-0.39, 0.29) is 6.61 Å². The molecule has 0 amide bonds. The van der Waals surface area contributed by atoms with Crippen LogP contribution >= 0.6 is 0 Å². The molecule has 0 aromatic carbocycles. The lowest BCUT2D eigenvalue weighted by molar-refractivity contribution is 0.0833. The highest BCUT2D eigenvalue weighted by molar-refractivity contribution is 5.08. The second kappa shape index (κ2) is 7.29. The molecule has 7 nitrogen and oxygen atoms in total. The number of nitrogens with zero attached hydrogens (tertiary/aromatic N) is 3. The van der Waals surface area contributed by atoms with Gasteiger partial charge in [0, 0.05) is 13.7 Å². The number of hydrogen-bond donors (Lipinski definition) is 2. The summed E-state index contributed by atoms with van der Waals surface area (Å²) in [6.45, 7) is 2.18. The van der Waals surface area contributed by atoms with E-state index >= 15 is 0 Å². The number of aliphatic hydroxyl groups excluding tert-OH is 1. The number of aromatic nitrogens is 3. The number of rotatable bonds is 8. The Hall–Kier alpha value is -1.02. The first-order valence-corrected chi connectivity index (χ1v) is 5.12. The van der Waals surface area contributed by atoms with E-state index in [4.69, 9.17) is 20.3 Å². The van der Waals surface area contributed by atoms with Crippen molar-refractivity contribution >= 4 is 0 Å². The summed E-state index contributed by atoms with van der Waals surface area (Å²) in [5, 5.41) is 16.5. The highest BCUT2D eigenvalue weighted by Gasteiger charge is 2.10. The van der Waals surface area contributed by atoms with Gasteiger partial charge in [-0.1, -0.05) is 5.21 Å². The molecule has 0 saturated carbocycles. The van der Waals surface area contributed by atoms with Crippen molar-refractivity contribution in [1.82, 2.24) is 15.0 Å². The summed E-state index contributed by atoms with van der Waals surface area (Å²) in [4.78, 5) is 0. The Kier molecular flexibility index (Phi) is 5.94. The van der Waals surface area contributed by atoms with Crippen LogP contribution in [-0.4, -0.2) is 47.0 Å². The third kappa shape index (κ3) is 3.53. The highest BCUT2D eigenvalue weighted by atomic mass is 16.5. The fourth-order valence-corrected chi connectivity index (χ4v) is 1.32. The van der Waals surface area contributed by atoms with Crippen molar-refractivity contribution in [3.05, 3.63) is 11.4 Å². The normalized spacial score (nSPS) is 10.9. The van der Waals surface area contributed by atoms with Crippen molar-refractivity contribution in [2.45, 2.75) is 19.7 Å². The predicted molar refractivity (Wildman–Crippen MR) is 56.5 cm³/mol. The highest BCUT2D eigenvalue weighted by Crippen LogP contribution is 2.06. The van der Waals surface area contributed by atoms with E-state index in [1.165, 1.54) is 0 Å². The average molecular weight is 230 g/mol. The molecule has 0 unspecified atom stereocenters. The molecule has 0 radical (unpaired) electrons. The van der Waals surface area contributed by atoms with Gasteiger partial charge in [-0.15, -0.1) is 5.10 Å². The van der Waals surface area contributed by atoms with Crippen molar-refractivity contribution in [1.29, 1.82) is 0 Å². The first-order valence-electron chi connectivity index (χ1n) is 5.12. The van der Waals surface area contributed by atoms with Crippen molar-refractivity contribution in [3.63, 3.8) is 0 Å². The van der Waals surface area contributed by atoms with Gasteiger partial charge in [-0.25, -0.2) is 4.68 Å². The molecule has 0 saturated heterocycles. The molecule has 1 rings (SSSR count). The van der Waals surface area contributed by atoms with Crippen LogP contribution in [0.5, 0.6) is 0 Å². The fourth-order valence-electron chi connectivity index (χ4n) is 1.32. The average Bonchev–Trinajstić information content (AvgIpc) is 2.68. The molecule has 0 aliphatic carbocycles. The smallest absolute Gasteiger partial charge is 0.102 e. The minimum absolute atomic E-state index is 0.0241. The van der Waals surface area contributed by atoms with E-state index in [9.17, 15) is 0 Å². The molecule has 0 spiro atoms. The summed E-state index contributed by atoms with van der Waals surface area (Å²) in [6.07, 6.45) is 0. The first kappa shape index (κ1) is 13.0. The van der Waals surface area contributed by atoms with Gasteiger partial charge < -0.3 is 20.3 Å². The number of methoxy groups -OCH3 is 1. The Morgan fingerprint density at radius 2 is 2.25 bits per heavy atom. The van der Waals surface area contributed by atoms with Crippen LogP contribution in [0.3, 0.4) is 0 Å². The van der Waals surface area contributed by atoms with Crippen LogP contribution in [0.15, 0.2) is 0 Å². The molecule has 16 heavy (non-hydrogen) atoms. The number of aliphatic hydroxyl groups is 1. The van der Waals surface area contributed by atoms with Gasteiger partial charge in [-0.2, -0.15) is 0 Å². The Bertz CT molecular complexity index is 303. The summed E-state index contributed by atoms with van der Waals surface area (Å²) < 4.78 is 11.9. The lowest BCUT2D eigenvalue weighted by Crippen LogP contribution is -2.13. The summed E-state index contributed by atoms with van der Waals surface area (Å²) in [5.41, 5.74) is 7.15. The van der Waals surface area contributed by atoms with Crippen LogP contribution in [0.4, 0.5) is 0 Å². The van der Waals surface area contributed by atoms with Crippen LogP contribution in [0, 0.1) is 0 Å². The number of ether oxygens (including phenoxy) is 2. The predicted octanol–water partition coefficient (Wildman–Crippen LogP) is -1.11. The maximum absolute atomic E-state index is 8.55. The lowest BCUT2D eigenvalue weighted by atomic mass is 10.3. The number of hydrogen-bond acceptors (Lipinski definition) is 6. The molecule has 7 heteroatoms. The van der Waals surface area contributed by atoms with Gasteiger partial charge in [0.25, 0.3) is 0 Å². The van der Waals surface area contributed by atoms with Gasteiger partial charge >= 0.3 is 0 Å². The molecule has 92 valence electrons.